The normalized spacial score (nSPS) is 12.2. The Hall–Kier alpha value is -1.61. The summed E-state index contributed by atoms with van der Waals surface area (Å²) in [5, 5.41) is 0. The Morgan fingerprint density at radius 2 is 1.13 bits per heavy atom. The van der Waals surface area contributed by atoms with E-state index in [4.69, 9.17) is 9.47 Å². The lowest BCUT2D eigenvalue weighted by Crippen LogP contribution is -2.08. The van der Waals surface area contributed by atoms with Gasteiger partial charge in [-0.15, -0.1) is 0 Å². The van der Waals surface area contributed by atoms with E-state index in [1.807, 2.05) is 0 Å². The summed E-state index contributed by atoms with van der Waals surface area (Å²) in [5.41, 5.74) is 0. The highest BCUT2D eigenvalue weighted by molar-refractivity contribution is 5.69. The second-order valence-corrected chi connectivity index (χ2v) is 7.52. The number of allylic oxidation sites excluding steroid dienone is 8. The second-order valence-electron chi connectivity index (χ2n) is 7.52. The summed E-state index contributed by atoms with van der Waals surface area (Å²) in [7, 11) is 0. The van der Waals surface area contributed by atoms with E-state index in [0.717, 1.165) is 58.0 Å². The molecule has 3 heteroatoms. The minimum absolute atomic E-state index is 0.0977. The minimum Gasteiger partial charge on any atom is -0.466 e. The lowest BCUT2D eigenvalue weighted by atomic mass is 10.2. The van der Waals surface area contributed by atoms with E-state index in [2.05, 4.69) is 62.5 Å². The molecule has 0 aliphatic carbocycles. The lowest BCUT2D eigenvalue weighted by molar-refractivity contribution is -0.144. The first-order valence-electron chi connectivity index (χ1n) is 12.1. The molecule has 0 aliphatic heterocycles. The van der Waals surface area contributed by atoms with E-state index in [1.165, 1.54) is 25.7 Å². The van der Waals surface area contributed by atoms with Crippen LogP contribution in [0.25, 0.3) is 0 Å². The average molecular weight is 419 g/mol. The van der Waals surface area contributed by atoms with Crippen molar-refractivity contribution in [1.82, 2.24) is 0 Å². The van der Waals surface area contributed by atoms with Crippen LogP contribution in [0.1, 0.15) is 97.3 Å². The standard InChI is InChI=1S/C27H46O3/c1-3-5-7-8-9-10-11-12-13-14-15-16-17-18-19-20-21-23-27(28)30-26-22-25-29-24-6-4-2/h9-10,12-13,15-16,18-19H,3-8,11,14,17,20-26H2,1-2H3/b10-9-,13-12-,16-15-,19-18-. The van der Waals surface area contributed by atoms with Gasteiger partial charge < -0.3 is 9.47 Å². The van der Waals surface area contributed by atoms with Crippen molar-refractivity contribution in [2.24, 2.45) is 0 Å². The summed E-state index contributed by atoms with van der Waals surface area (Å²) in [6, 6.07) is 0. The Bertz CT molecular complexity index is 474. The smallest absolute Gasteiger partial charge is 0.305 e. The van der Waals surface area contributed by atoms with Crippen LogP contribution in [-0.2, 0) is 14.3 Å². The van der Waals surface area contributed by atoms with Crippen LogP contribution in [0, 0.1) is 0 Å². The number of unbranched alkanes of at least 4 members (excludes halogenated alkanes) is 5. The van der Waals surface area contributed by atoms with Gasteiger partial charge in [-0.25, -0.2) is 0 Å². The van der Waals surface area contributed by atoms with Crippen LogP contribution in [0.2, 0.25) is 0 Å². The number of hydrogen-bond acceptors (Lipinski definition) is 3. The highest BCUT2D eigenvalue weighted by atomic mass is 16.5. The summed E-state index contributed by atoms with van der Waals surface area (Å²) in [5.74, 6) is -0.0977. The number of carbonyl (C=O) groups is 1. The fourth-order valence-electron chi connectivity index (χ4n) is 2.69. The van der Waals surface area contributed by atoms with Crippen molar-refractivity contribution >= 4 is 5.97 Å². The molecule has 3 nitrogen and oxygen atoms in total. The third kappa shape index (κ3) is 24.4. The fraction of sp³-hybridized carbons (Fsp3) is 0.667. The molecular formula is C27H46O3. The Morgan fingerprint density at radius 3 is 1.73 bits per heavy atom. The minimum atomic E-state index is -0.0977. The highest BCUT2D eigenvalue weighted by Crippen LogP contribution is 2.02. The van der Waals surface area contributed by atoms with Gasteiger partial charge in [-0.05, 0) is 51.4 Å². The molecule has 0 N–H and O–H groups in total. The van der Waals surface area contributed by atoms with Gasteiger partial charge in [0.1, 0.15) is 0 Å². The predicted molar refractivity (Wildman–Crippen MR) is 130 cm³/mol. The lowest BCUT2D eigenvalue weighted by Gasteiger charge is -2.05. The molecule has 0 heterocycles. The number of ether oxygens (including phenoxy) is 2. The monoisotopic (exact) mass is 418 g/mol. The third-order valence-corrected chi connectivity index (χ3v) is 4.55. The van der Waals surface area contributed by atoms with Crippen molar-refractivity contribution in [3.63, 3.8) is 0 Å². The van der Waals surface area contributed by atoms with E-state index in [0.29, 0.717) is 19.6 Å². The first-order chi connectivity index (χ1) is 14.8. The average Bonchev–Trinajstić information content (AvgIpc) is 2.75. The van der Waals surface area contributed by atoms with Gasteiger partial charge in [-0.2, -0.15) is 0 Å². The van der Waals surface area contributed by atoms with E-state index in [-0.39, 0.29) is 5.97 Å². The van der Waals surface area contributed by atoms with Crippen LogP contribution in [-0.4, -0.2) is 25.8 Å². The first-order valence-corrected chi connectivity index (χ1v) is 12.1. The zero-order valence-corrected chi connectivity index (χ0v) is 19.7. The van der Waals surface area contributed by atoms with Gasteiger partial charge in [-0.3, -0.25) is 4.79 Å². The number of hydrogen-bond donors (Lipinski definition) is 0. The summed E-state index contributed by atoms with van der Waals surface area (Å²) >= 11 is 0. The summed E-state index contributed by atoms with van der Waals surface area (Å²) in [6.45, 7) is 6.33. The van der Waals surface area contributed by atoms with Crippen molar-refractivity contribution in [1.29, 1.82) is 0 Å². The summed E-state index contributed by atoms with van der Waals surface area (Å²) < 4.78 is 10.7. The van der Waals surface area contributed by atoms with Crippen molar-refractivity contribution in [3.05, 3.63) is 48.6 Å². The Balaban J connectivity index is 3.43. The molecule has 172 valence electrons. The molecule has 0 spiro atoms. The molecule has 0 rings (SSSR count). The zero-order valence-electron chi connectivity index (χ0n) is 19.7. The molecule has 0 bridgehead atoms. The maximum Gasteiger partial charge on any atom is 0.305 e. The number of carbonyl (C=O) groups excluding carboxylic acids is 1. The van der Waals surface area contributed by atoms with E-state index in [9.17, 15) is 4.79 Å². The van der Waals surface area contributed by atoms with Crippen LogP contribution in [0.5, 0.6) is 0 Å². The Kier molecular flexibility index (Phi) is 24.1. The molecule has 0 saturated heterocycles. The van der Waals surface area contributed by atoms with Gasteiger partial charge in [0.05, 0.1) is 6.61 Å². The third-order valence-electron chi connectivity index (χ3n) is 4.55. The second kappa shape index (κ2) is 25.4. The van der Waals surface area contributed by atoms with Crippen molar-refractivity contribution in [2.45, 2.75) is 97.3 Å². The molecule has 0 aromatic heterocycles. The molecule has 0 aliphatic rings. The Labute approximate surface area is 186 Å². The van der Waals surface area contributed by atoms with Gasteiger partial charge in [0, 0.05) is 26.1 Å². The van der Waals surface area contributed by atoms with Crippen LogP contribution in [0.4, 0.5) is 0 Å². The van der Waals surface area contributed by atoms with Gasteiger partial charge in [0.15, 0.2) is 0 Å². The zero-order chi connectivity index (χ0) is 22.0. The highest BCUT2D eigenvalue weighted by Gasteiger charge is 2.01. The molecule has 0 atom stereocenters. The van der Waals surface area contributed by atoms with Crippen molar-refractivity contribution < 1.29 is 14.3 Å². The van der Waals surface area contributed by atoms with Gasteiger partial charge >= 0.3 is 5.97 Å². The van der Waals surface area contributed by atoms with Crippen LogP contribution in [0.15, 0.2) is 48.6 Å². The van der Waals surface area contributed by atoms with E-state index in [1.54, 1.807) is 0 Å². The number of rotatable bonds is 21. The van der Waals surface area contributed by atoms with Gasteiger partial charge in [0.2, 0.25) is 0 Å². The van der Waals surface area contributed by atoms with Crippen molar-refractivity contribution in [2.75, 3.05) is 19.8 Å². The van der Waals surface area contributed by atoms with Crippen LogP contribution < -0.4 is 0 Å². The summed E-state index contributed by atoms with van der Waals surface area (Å²) in [6.07, 6.45) is 31.1. The predicted octanol–water partition coefficient (Wildman–Crippen LogP) is 7.88. The van der Waals surface area contributed by atoms with E-state index < -0.39 is 0 Å². The van der Waals surface area contributed by atoms with Gasteiger partial charge in [-0.1, -0.05) is 81.7 Å². The molecule has 0 saturated carbocycles. The molecule has 0 unspecified atom stereocenters. The molecule has 0 aromatic rings. The molecule has 0 amide bonds. The maximum absolute atomic E-state index is 11.6. The molecule has 30 heavy (non-hydrogen) atoms. The van der Waals surface area contributed by atoms with Crippen LogP contribution in [0.3, 0.4) is 0 Å². The topological polar surface area (TPSA) is 35.5 Å². The first kappa shape index (κ1) is 28.4. The molecule has 0 radical (unpaired) electrons. The molecular weight excluding hydrogens is 372 g/mol. The maximum atomic E-state index is 11.6. The quantitative estimate of drug-likeness (QED) is 0.108. The van der Waals surface area contributed by atoms with Crippen LogP contribution >= 0.6 is 0 Å². The Morgan fingerprint density at radius 1 is 0.600 bits per heavy atom. The van der Waals surface area contributed by atoms with Gasteiger partial charge in [0.25, 0.3) is 0 Å². The van der Waals surface area contributed by atoms with E-state index >= 15 is 0 Å². The number of esters is 1. The largest absolute Gasteiger partial charge is 0.466 e. The fourth-order valence-corrected chi connectivity index (χ4v) is 2.69. The SMILES string of the molecule is CCCCC/C=C\C/C=C\C/C=C\C/C=C\CCCC(=O)OCCCOCCCC. The summed E-state index contributed by atoms with van der Waals surface area (Å²) in [4.78, 5) is 11.6. The molecule has 0 fully saturated rings. The molecule has 0 aromatic carbocycles. The van der Waals surface area contributed by atoms with Crippen molar-refractivity contribution in [3.8, 4) is 0 Å².